The highest BCUT2D eigenvalue weighted by Gasteiger charge is 2.33. The summed E-state index contributed by atoms with van der Waals surface area (Å²) in [6.45, 7) is 7.71. The molecule has 0 aromatic heterocycles. The van der Waals surface area contributed by atoms with E-state index in [1.807, 2.05) is 0 Å². The summed E-state index contributed by atoms with van der Waals surface area (Å²) in [4.78, 5) is 0. The quantitative estimate of drug-likeness (QED) is 0.664. The molecule has 2 nitrogen and oxygen atoms in total. The van der Waals surface area contributed by atoms with Crippen molar-refractivity contribution in [3.8, 4) is 0 Å². The van der Waals surface area contributed by atoms with Crippen LogP contribution >= 0.6 is 0 Å². The highest BCUT2D eigenvalue weighted by molar-refractivity contribution is 6.74. The van der Waals surface area contributed by atoms with Crippen molar-refractivity contribution < 1.29 is 8.54 Å². The van der Waals surface area contributed by atoms with Crippen LogP contribution in [-0.2, 0) is 8.54 Å². The van der Waals surface area contributed by atoms with Gasteiger partial charge in [0, 0.05) is 6.61 Å². The Morgan fingerprint density at radius 2 is 2.15 bits per heavy atom. The minimum atomic E-state index is -1.72. The highest BCUT2D eigenvalue weighted by atomic mass is 28.4. The molecular weight excluding hydrogens is 196 g/mol. The third kappa shape index (κ3) is 3.93. The van der Waals surface area contributed by atoms with Gasteiger partial charge >= 0.3 is 8.56 Å². The molecule has 0 spiro atoms. The fourth-order valence-electron chi connectivity index (χ4n) is 1.93. The molecule has 1 rings (SSSR count). The van der Waals surface area contributed by atoms with E-state index in [0.29, 0.717) is 0 Å². The van der Waals surface area contributed by atoms with Gasteiger partial charge in [-0.3, -0.25) is 0 Å². The van der Waals surface area contributed by atoms with Crippen molar-refractivity contribution in [2.75, 3.05) is 6.61 Å². The summed E-state index contributed by atoms with van der Waals surface area (Å²) < 4.78 is 12.1. The number of rotatable bonds is 2. The molecule has 0 bridgehead atoms. The number of hydrogen-bond acceptors (Lipinski definition) is 2. The van der Waals surface area contributed by atoms with Gasteiger partial charge in [0.15, 0.2) is 9.04 Å². The number of hydrogen-bond donors (Lipinski definition) is 0. The second-order valence-corrected chi connectivity index (χ2v) is 10.4. The van der Waals surface area contributed by atoms with Gasteiger partial charge in [-0.2, -0.15) is 0 Å². The minimum absolute atomic E-state index is 0.888. The minimum Gasteiger partial charge on any atom is -0.439 e. The van der Waals surface area contributed by atoms with Gasteiger partial charge in [0.1, 0.15) is 0 Å². The average molecular weight is 218 g/mol. The Bertz CT molecular complexity index is 155. The zero-order valence-electron chi connectivity index (χ0n) is 9.14. The average Bonchev–Trinajstić information content (AvgIpc) is 2.01. The van der Waals surface area contributed by atoms with Gasteiger partial charge in [-0.05, 0) is 31.6 Å². The first-order valence-electron chi connectivity index (χ1n) is 5.48. The molecule has 0 aliphatic carbocycles. The molecule has 0 aromatic rings. The third-order valence-electron chi connectivity index (χ3n) is 2.57. The van der Waals surface area contributed by atoms with Gasteiger partial charge in [-0.15, -0.1) is 0 Å². The van der Waals surface area contributed by atoms with Crippen LogP contribution < -0.4 is 0 Å². The molecule has 78 valence electrons. The lowest BCUT2D eigenvalue weighted by molar-refractivity contribution is 0.229. The van der Waals surface area contributed by atoms with E-state index in [0.717, 1.165) is 6.61 Å². The van der Waals surface area contributed by atoms with Crippen molar-refractivity contribution in [1.29, 1.82) is 0 Å². The van der Waals surface area contributed by atoms with Crippen LogP contribution in [0, 0.1) is 0 Å². The summed E-state index contributed by atoms with van der Waals surface area (Å²) in [5.41, 5.74) is 0. The van der Waals surface area contributed by atoms with E-state index >= 15 is 0 Å². The van der Waals surface area contributed by atoms with Crippen LogP contribution in [0.3, 0.4) is 0 Å². The van der Waals surface area contributed by atoms with Crippen molar-refractivity contribution >= 4 is 17.6 Å². The largest absolute Gasteiger partial charge is 0.439 e. The SMILES string of the molecule is CCC[Si]1(C)OCCCC[SiH](C)O1. The van der Waals surface area contributed by atoms with Crippen LogP contribution in [0.5, 0.6) is 0 Å². The Balaban J connectivity index is 2.48. The zero-order chi connectivity index (χ0) is 9.73. The standard InChI is InChI=1S/C9H22O2Si2/c1-4-9-13(3)10-7-5-6-8-12(2)11-13/h12H,4-9H2,1-3H3. The lowest BCUT2D eigenvalue weighted by Gasteiger charge is -2.32. The van der Waals surface area contributed by atoms with Gasteiger partial charge in [-0.1, -0.05) is 19.8 Å². The summed E-state index contributed by atoms with van der Waals surface area (Å²) in [6, 6.07) is 2.51. The molecule has 0 saturated carbocycles. The van der Waals surface area contributed by atoms with E-state index in [-0.39, 0.29) is 0 Å². The first-order chi connectivity index (χ1) is 6.16. The summed E-state index contributed by atoms with van der Waals surface area (Å²) in [5.74, 6) is 0. The van der Waals surface area contributed by atoms with Crippen LogP contribution in [0.4, 0.5) is 0 Å². The van der Waals surface area contributed by atoms with Crippen LogP contribution in [0.1, 0.15) is 26.2 Å². The Hall–Kier alpha value is 0.354. The molecule has 0 amide bonds. The summed E-state index contributed by atoms with van der Waals surface area (Å²) in [5, 5.41) is 0. The van der Waals surface area contributed by atoms with E-state index < -0.39 is 17.6 Å². The van der Waals surface area contributed by atoms with Crippen LogP contribution in [0.2, 0.25) is 25.2 Å². The highest BCUT2D eigenvalue weighted by Crippen LogP contribution is 2.21. The maximum atomic E-state index is 6.17. The van der Waals surface area contributed by atoms with Gasteiger partial charge in [-0.25, -0.2) is 0 Å². The van der Waals surface area contributed by atoms with Gasteiger partial charge in [0.2, 0.25) is 0 Å². The molecule has 1 aliphatic heterocycles. The Labute approximate surface area is 84.6 Å². The second kappa shape index (κ2) is 5.29. The van der Waals surface area contributed by atoms with Crippen LogP contribution in [-0.4, -0.2) is 24.2 Å². The molecule has 1 heterocycles. The molecule has 1 saturated heterocycles. The Morgan fingerprint density at radius 1 is 1.38 bits per heavy atom. The molecule has 1 aliphatic rings. The van der Waals surface area contributed by atoms with E-state index in [1.54, 1.807) is 0 Å². The van der Waals surface area contributed by atoms with Gasteiger partial charge < -0.3 is 8.54 Å². The van der Waals surface area contributed by atoms with Crippen molar-refractivity contribution in [3.05, 3.63) is 0 Å². The van der Waals surface area contributed by atoms with E-state index in [4.69, 9.17) is 8.54 Å². The van der Waals surface area contributed by atoms with E-state index in [1.165, 1.54) is 31.4 Å². The predicted octanol–water partition coefficient (Wildman–Crippen LogP) is 2.65. The topological polar surface area (TPSA) is 18.5 Å². The molecule has 4 heteroatoms. The fourth-order valence-corrected chi connectivity index (χ4v) is 9.04. The van der Waals surface area contributed by atoms with Crippen molar-refractivity contribution in [2.24, 2.45) is 0 Å². The van der Waals surface area contributed by atoms with Crippen molar-refractivity contribution in [3.63, 3.8) is 0 Å². The molecule has 0 aromatic carbocycles. The second-order valence-electron chi connectivity index (χ2n) is 4.16. The third-order valence-corrected chi connectivity index (χ3v) is 9.62. The predicted molar refractivity (Wildman–Crippen MR) is 60.8 cm³/mol. The Morgan fingerprint density at radius 3 is 2.85 bits per heavy atom. The smallest absolute Gasteiger partial charge is 0.324 e. The molecule has 13 heavy (non-hydrogen) atoms. The monoisotopic (exact) mass is 218 g/mol. The van der Waals surface area contributed by atoms with Gasteiger partial charge in [0.25, 0.3) is 0 Å². The lowest BCUT2D eigenvalue weighted by atomic mass is 10.4. The maximum absolute atomic E-state index is 6.17. The van der Waals surface area contributed by atoms with Crippen LogP contribution in [0.25, 0.3) is 0 Å². The molecule has 0 N–H and O–H groups in total. The zero-order valence-corrected chi connectivity index (χ0v) is 11.3. The molecule has 1 fully saturated rings. The molecular formula is C9H22O2Si2. The lowest BCUT2D eigenvalue weighted by Crippen LogP contribution is -2.44. The van der Waals surface area contributed by atoms with Gasteiger partial charge in [0.05, 0.1) is 0 Å². The van der Waals surface area contributed by atoms with Crippen molar-refractivity contribution in [1.82, 2.24) is 0 Å². The van der Waals surface area contributed by atoms with E-state index in [9.17, 15) is 0 Å². The fraction of sp³-hybridized carbons (Fsp3) is 1.00. The summed E-state index contributed by atoms with van der Waals surface area (Å²) >= 11 is 0. The normalized spacial score (nSPS) is 36.7. The maximum Gasteiger partial charge on any atom is 0.324 e. The van der Waals surface area contributed by atoms with Crippen LogP contribution in [0.15, 0.2) is 0 Å². The molecule has 2 atom stereocenters. The molecule has 0 radical (unpaired) electrons. The first-order valence-corrected chi connectivity index (χ1v) is 10.4. The first kappa shape index (κ1) is 11.4. The van der Waals surface area contributed by atoms with Crippen molar-refractivity contribution in [2.45, 2.75) is 51.4 Å². The van der Waals surface area contributed by atoms with E-state index in [2.05, 4.69) is 20.0 Å². The molecule has 2 unspecified atom stereocenters. The Kier molecular flexibility index (Phi) is 4.65. The summed E-state index contributed by atoms with van der Waals surface area (Å²) in [7, 11) is -2.61. The summed E-state index contributed by atoms with van der Waals surface area (Å²) in [6.07, 6.45) is 3.75.